The summed E-state index contributed by atoms with van der Waals surface area (Å²) in [4.78, 5) is 0. The Bertz CT molecular complexity index is 407. The molecule has 2 aromatic carbocycles. The summed E-state index contributed by atoms with van der Waals surface area (Å²) in [6.45, 7) is 0.414. The zero-order valence-corrected chi connectivity index (χ0v) is 9.97. The van der Waals surface area contributed by atoms with Gasteiger partial charge in [0.25, 0.3) is 0 Å². The van der Waals surface area contributed by atoms with E-state index in [4.69, 9.17) is 10.5 Å². The molecule has 0 saturated heterocycles. The molecule has 0 bridgehead atoms. The van der Waals surface area contributed by atoms with Gasteiger partial charge in [-0.25, -0.2) is 0 Å². The lowest BCUT2D eigenvalue weighted by Crippen LogP contribution is -2.38. The molecule has 2 heteroatoms. The maximum absolute atomic E-state index is 5.96. The topological polar surface area (TPSA) is 35.2 Å². The summed E-state index contributed by atoms with van der Waals surface area (Å²) in [7, 11) is 1.70. The van der Waals surface area contributed by atoms with Gasteiger partial charge in [-0.1, -0.05) is 60.7 Å². The summed E-state index contributed by atoms with van der Waals surface area (Å²) >= 11 is 0. The van der Waals surface area contributed by atoms with E-state index >= 15 is 0 Å². The molecule has 17 heavy (non-hydrogen) atoms. The minimum absolute atomic E-state index is 0.414. The highest BCUT2D eigenvalue weighted by Gasteiger charge is 2.32. The average Bonchev–Trinajstić information content (AvgIpc) is 2.43. The molecule has 2 nitrogen and oxygen atoms in total. The van der Waals surface area contributed by atoms with Crippen molar-refractivity contribution < 1.29 is 4.74 Å². The molecule has 0 aliphatic heterocycles. The van der Waals surface area contributed by atoms with E-state index in [9.17, 15) is 0 Å². The van der Waals surface area contributed by atoms with Gasteiger partial charge in [0, 0.05) is 13.7 Å². The van der Waals surface area contributed by atoms with Crippen LogP contribution in [-0.2, 0) is 10.3 Å². The van der Waals surface area contributed by atoms with Gasteiger partial charge >= 0.3 is 0 Å². The molecule has 0 heterocycles. The Labute approximate surface area is 102 Å². The van der Waals surface area contributed by atoms with E-state index in [1.807, 2.05) is 60.7 Å². The van der Waals surface area contributed by atoms with Gasteiger partial charge in [-0.2, -0.15) is 0 Å². The molecule has 2 aromatic rings. The molecule has 2 rings (SSSR count). The molecule has 88 valence electrons. The molecule has 0 radical (unpaired) electrons. The third-order valence-corrected chi connectivity index (χ3v) is 3.12. The minimum Gasteiger partial charge on any atom is -0.367 e. The molecule has 2 N–H and O–H groups in total. The van der Waals surface area contributed by atoms with Crippen LogP contribution in [0.25, 0.3) is 0 Å². The van der Waals surface area contributed by atoms with Crippen LogP contribution in [0.4, 0.5) is 0 Å². The van der Waals surface area contributed by atoms with Crippen LogP contribution < -0.4 is 5.73 Å². The average molecular weight is 227 g/mol. The van der Waals surface area contributed by atoms with E-state index in [-0.39, 0.29) is 0 Å². The molecule has 0 unspecified atom stereocenters. The molecular formula is C15H17NO. The quantitative estimate of drug-likeness (QED) is 0.871. The van der Waals surface area contributed by atoms with E-state index in [2.05, 4.69) is 0 Å². The van der Waals surface area contributed by atoms with Crippen LogP contribution in [0.5, 0.6) is 0 Å². The summed E-state index contributed by atoms with van der Waals surface area (Å²) in [5.74, 6) is 0. The predicted molar refractivity (Wildman–Crippen MR) is 69.7 cm³/mol. The van der Waals surface area contributed by atoms with Crippen molar-refractivity contribution in [1.82, 2.24) is 0 Å². The Hall–Kier alpha value is -1.64. The number of nitrogens with two attached hydrogens (primary N) is 1. The number of methoxy groups -OCH3 is 1. The molecule has 0 amide bonds. The van der Waals surface area contributed by atoms with Crippen molar-refractivity contribution in [3.8, 4) is 0 Å². The smallest absolute Gasteiger partial charge is 0.130 e. The molecule has 0 atom stereocenters. The molecule has 0 aliphatic carbocycles. The Kier molecular flexibility index (Phi) is 3.57. The Morgan fingerprint density at radius 3 is 1.59 bits per heavy atom. The van der Waals surface area contributed by atoms with Crippen LogP contribution in [0.2, 0.25) is 0 Å². The second-order valence-corrected chi connectivity index (χ2v) is 3.97. The van der Waals surface area contributed by atoms with E-state index in [0.29, 0.717) is 6.54 Å². The lowest BCUT2D eigenvalue weighted by atomic mass is 9.86. The highest BCUT2D eigenvalue weighted by atomic mass is 16.5. The number of rotatable bonds is 4. The monoisotopic (exact) mass is 227 g/mol. The highest BCUT2D eigenvalue weighted by Crippen LogP contribution is 2.31. The minimum atomic E-state index is -0.553. The molecule has 0 spiro atoms. The van der Waals surface area contributed by atoms with E-state index < -0.39 is 5.60 Å². The van der Waals surface area contributed by atoms with Gasteiger partial charge in [-0.15, -0.1) is 0 Å². The van der Waals surface area contributed by atoms with Crippen molar-refractivity contribution in [1.29, 1.82) is 0 Å². The SMILES string of the molecule is COC(CN)(c1ccccc1)c1ccccc1. The first-order chi connectivity index (χ1) is 8.33. The van der Waals surface area contributed by atoms with Gasteiger partial charge < -0.3 is 10.5 Å². The summed E-state index contributed by atoms with van der Waals surface area (Å²) in [6.07, 6.45) is 0. The lowest BCUT2D eigenvalue weighted by molar-refractivity contribution is 0.0299. The molecule has 0 aliphatic rings. The zero-order chi connectivity index (χ0) is 12.1. The van der Waals surface area contributed by atoms with Crippen molar-refractivity contribution in [2.45, 2.75) is 5.60 Å². The first kappa shape index (κ1) is 11.8. The molecular weight excluding hydrogens is 210 g/mol. The maximum Gasteiger partial charge on any atom is 0.130 e. The summed E-state index contributed by atoms with van der Waals surface area (Å²) in [6, 6.07) is 20.2. The summed E-state index contributed by atoms with van der Waals surface area (Å²) < 4.78 is 5.73. The van der Waals surface area contributed by atoms with Gasteiger partial charge in [-0.05, 0) is 11.1 Å². The number of ether oxygens (including phenoxy) is 1. The van der Waals surface area contributed by atoms with Crippen molar-refractivity contribution in [2.24, 2.45) is 5.73 Å². The van der Waals surface area contributed by atoms with Crippen LogP contribution in [0.3, 0.4) is 0 Å². The fourth-order valence-corrected chi connectivity index (χ4v) is 2.14. The van der Waals surface area contributed by atoms with Gasteiger partial charge in [0.1, 0.15) is 5.60 Å². The van der Waals surface area contributed by atoms with Gasteiger partial charge in [-0.3, -0.25) is 0 Å². The van der Waals surface area contributed by atoms with Crippen molar-refractivity contribution in [3.05, 3.63) is 71.8 Å². The van der Waals surface area contributed by atoms with Crippen molar-refractivity contribution in [2.75, 3.05) is 13.7 Å². The Balaban J connectivity index is 2.54. The summed E-state index contributed by atoms with van der Waals surface area (Å²) in [5, 5.41) is 0. The third-order valence-electron chi connectivity index (χ3n) is 3.12. The Morgan fingerprint density at radius 2 is 1.29 bits per heavy atom. The van der Waals surface area contributed by atoms with Gasteiger partial charge in [0.15, 0.2) is 0 Å². The summed E-state index contributed by atoms with van der Waals surface area (Å²) in [5.41, 5.74) is 7.56. The second-order valence-electron chi connectivity index (χ2n) is 3.97. The number of benzene rings is 2. The first-order valence-electron chi connectivity index (χ1n) is 5.70. The highest BCUT2D eigenvalue weighted by molar-refractivity contribution is 5.36. The van der Waals surface area contributed by atoms with Crippen LogP contribution >= 0.6 is 0 Å². The molecule has 0 aromatic heterocycles. The van der Waals surface area contributed by atoms with E-state index in [0.717, 1.165) is 11.1 Å². The van der Waals surface area contributed by atoms with Crippen molar-refractivity contribution >= 4 is 0 Å². The van der Waals surface area contributed by atoms with E-state index in [1.165, 1.54) is 0 Å². The van der Waals surface area contributed by atoms with E-state index in [1.54, 1.807) is 7.11 Å². The third kappa shape index (κ3) is 2.09. The molecule has 0 fully saturated rings. The van der Waals surface area contributed by atoms with Gasteiger partial charge in [0.05, 0.1) is 0 Å². The van der Waals surface area contributed by atoms with Crippen molar-refractivity contribution in [3.63, 3.8) is 0 Å². The largest absolute Gasteiger partial charge is 0.367 e. The van der Waals surface area contributed by atoms with Crippen LogP contribution in [0, 0.1) is 0 Å². The Morgan fingerprint density at radius 1 is 0.882 bits per heavy atom. The second kappa shape index (κ2) is 5.13. The first-order valence-corrected chi connectivity index (χ1v) is 5.70. The number of hydrogen-bond donors (Lipinski definition) is 1. The zero-order valence-electron chi connectivity index (χ0n) is 9.97. The normalized spacial score (nSPS) is 11.4. The lowest BCUT2D eigenvalue weighted by Gasteiger charge is -2.32. The van der Waals surface area contributed by atoms with Crippen LogP contribution in [0.15, 0.2) is 60.7 Å². The fraction of sp³-hybridized carbons (Fsp3) is 0.200. The standard InChI is InChI=1S/C15H17NO/c1-17-15(12-16,13-8-4-2-5-9-13)14-10-6-3-7-11-14/h2-11H,12,16H2,1H3. The predicted octanol–water partition coefficient (Wildman–Crippen LogP) is 2.54. The number of hydrogen-bond acceptors (Lipinski definition) is 2. The molecule has 0 saturated carbocycles. The maximum atomic E-state index is 5.96. The fourth-order valence-electron chi connectivity index (χ4n) is 2.14. The van der Waals surface area contributed by atoms with Gasteiger partial charge in [0.2, 0.25) is 0 Å². The van der Waals surface area contributed by atoms with Crippen LogP contribution in [-0.4, -0.2) is 13.7 Å². The van der Waals surface area contributed by atoms with Crippen LogP contribution in [0.1, 0.15) is 11.1 Å².